The smallest absolute Gasteiger partial charge is 0.271 e. The lowest BCUT2D eigenvalue weighted by atomic mass is 10.0. The van der Waals surface area contributed by atoms with Crippen molar-refractivity contribution in [2.75, 3.05) is 30.8 Å². The van der Waals surface area contributed by atoms with E-state index >= 15 is 0 Å². The molecular formula is C29H34N4O7S. The minimum atomic E-state index is -4.13. The minimum Gasteiger partial charge on any atom is -0.495 e. The third-order valence-corrected chi connectivity index (χ3v) is 7.67. The molecule has 0 aliphatic carbocycles. The van der Waals surface area contributed by atoms with Gasteiger partial charge in [0.1, 0.15) is 24.0 Å². The van der Waals surface area contributed by atoms with Crippen molar-refractivity contribution in [2.24, 2.45) is 0 Å². The van der Waals surface area contributed by atoms with Crippen LogP contribution in [0.2, 0.25) is 0 Å². The van der Waals surface area contributed by atoms with Gasteiger partial charge in [-0.25, -0.2) is 8.42 Å². The fourth-order valence-electron chi connectivity index (χ4n) is 4.40. The van der Waals surface area contributed by atoms with Crippen molar-refractivity contribution in [3.05, 3.63) is 99.6 Å². The van der Waals surface area contributed by atoms with Gasteiger partial charge in [-0.05, 0) is 36.6 Å². The number of sulfonamides is 1. The zero-order valence-corrected chi connectivity index (χ0v) is 24.3. The van der Waals surface area contributed by atoms with E-state index in [1.165, 1.54) is 24.1 Å². The van der Waals surface area contributed by atoms with Gasteiger partial charge in [0, 0.05) is 31.6 Å². The SMILES string of the molecule is CCNC(=O)C(Cc1ccccc1)N(Cc1ccccc1C)C(=O)CN(c1cc([N+](=O)[O-])ccc1OC)S(C)(=O)=O. The maximum absolute atomic E-state index is 14.1. The monoisotopic (exact) mass is 582 g/mol. The van der Waals surface area contributed by atoms with Gasteiger partial charge in [0.05, 0.1) is 18.3 Å². The third-order valence-electron chi connectivity index (χ3n) is 6.55. The number of aryl methyl sites for hydroxylation is 1. The summed E-state index contributed by atoms with van der Waals surface area (Å²) in [5.74, 6) is -1.03. The summed E-state index contributed by atoms with van der Waals surface area (Å²) in [6, 6.07) is 19.1. The number of likely N-dealkylation sites (N-methyl/N-ethyl adjacent to an activating group) is 1. The summed E-state index contributed by atoms with van der Waals surface area (Å²) in [7, 11) is -2.84. The molecule has 1 atom stereocenters. The Balaban J connectivity index is 2.12. The number of benzene rings is 3. The zero-order valence-electron chi connectivity index (χ0n) is 23.4. The first kappa shape index (κ1) is 31.1. The topological polar surface area (TPSA) is 139 Å². The number of carbonyl (C=O) groups excluding carboxylic acids is 2. The van der Waals surface area contributed by atoms with Crippen LogP contribution in [0.1, 0.15) is 23.6 Å². The maximum Gasteiger partial charge on any atom is 0.271 e. The van der Waals surface area contributed by atoms with Gasteiger partial charge in [-0.15, -0.1) is 0 Å². The molecule has 11 nitrogen and oxygen atoms in total. The van der Waals surface area contributed by atoms with Crippen LogP contribution in [0.15, 0.2) is 72.8 Å². The lowest BCUT2D eigenvalue weighted by molar-refractivity contribution is -0.384. The first-order valence-electron chi connectivity index (χ1n) is 12.9. The minimum absolute atomic E-state index is 0.0313. The quantitative estimate of drug-likeness (QED) is 0.241. The van der Waals surface area contributed by atoms with Gasteiger partial charge in [-0.3, -0.25) is 24.0 Å². The summed E-state index contributed by atoms with van der Waals surface area (Å²) in [5, 5.41) is 14.3. The molecule has 0 heterocycles. The van der Waals surface area contributed by atoms with Gasteiger partial charge >= 0.3 is 0 Å². The van der Waals surface area contributed by atoms with Crippen molar-refractivity contribution in [1.29, 1.82) is 0 Å². The molecule has 0 radical (unpaired) electrons. The molecule has 0 aromatic heterocycles. The highest BCUT2D eigenvalue weighted by Gasteiger charge is 2.34. The van der Waals surface area contributed by atoms with Crippen LogP contribution in [0.3, 0.4) is 0 Å². The van der Waals surface area contributed by atoms with E-state index < -0.39 is 39.3 Å². The number of nitrogens with one attached hydrogen (secondary N) is 1. The number of nitrogens with zero attached hydrogens (tertiary/aromatic N) is 3. The molecule has 2 amide bonds. The van der Waals surface area contributed by atoms with E-state index in [-0.39, 0.29) is 30.1 Å². The number of carbonyl (C=O) groups is 2. The molecule has 3 rings (SSSR count). The van der Waals surface area contributed by atoms with E-state index in [2.05, 4.69) is 5.32 Å². The van der Waals surface area contributed by atoms with Crippen LogP contribution in [-0.2, 0) is 32.6 Å². The summed E-state index contributed by atoms with van der Waals surface area (Å²) >= 11 is 0. The van der Waals surface area contributed by atoms with Crippen molar-refractivity contribution >= 4 is 33.2 Å². The van der Waals surface area contributed by atoms with Gasteiger partial charge in [0.15, 0.2) is 0 Å². The van der Waals surface area contributed by atoms with Crippen molar-refractivity contribution < 1.29 is 27.7 Å². The molecule has 0 aliphatic heterocycles. The van der Waals surface area contributed by atoms with E-state index in [9.17, 15) is 28.1 Å². The van der Waals surface area contributed by atoms with E-state index in [0.29, 0.717) is 6.54 Å². The second-order valence-corrected chi connectivity index (χ2v) is 11.3. The lowest BCUT2D eigenvalue weighted by Crippen LogP contribution is -2.53. The molecule has 12 heteroatoms. The first-order valence-corrected chi connectivity index (χ1v) is 14.8. The molecule has 3 aromatic carbocycles. The fourth-order valence-corrected chi connectivity index (χ4v) is 5.24. The first-order chi connectivity index (χ1) is 19.5. The third kappa shape index (κ3) is 8.04. The van der Waals surface area contributed by atoms with Crippen LogP contribution in [0.25, 0.3) is 0 Å². The van der Waals surface area contributed by atoms with Crippen molar-refractivity contribution in [3.8, 4) is 5.75 Å². The number of anilines is 1. The molecule has 41 heavy (non-hydrogen) atoms. The van der Waals surface area contributed by atoms with Gasteiger partial charge in [-0.1, -0.05) is 54.6 Å². The average molecular weight is 583 g/mol. The fraction of sp³-hybridized carbons (Fsp3) is 0.310. The van der Waals surface area contributed by atoms with E-state index in [4.69, 9.17) is 4.74 Å². The van der Waals surface area contributed by atoms with E-state index in [1.807, 2.05) is 61.5 Å². The molecular weight excluding hydrogens is 548 g/mol. The van der Waals surface area contributed by atoms with Crippen molar-refractivity contribution in [2.45, 2.75) is 32.9 Å². The van der Waals surface area contributed by atoms with Crippen molar-refractivity contribution in [1.82, 2.24) is 10.2 Å². The van der Waals surface area contributed by atoms with Crippen LogP contribution in [0.4, 0.5) is 11.4 Å². The molecule has 0 aliphatic rings. The van der Waals surface area contributed by atoms with Crippen LogP contribution in [-0.4, -0.2) is 62.6 Å². The predicted molar refractivity (Wildman–Crippen MR) is 156 cm³/mol. The Labute approximate surface area is 239 Å². The van der Waals surface area contributed by atoms with Crippen LogP contribution in [0.5, 0.6) is 5.75 Å². The molecule has 1 unspecified atom stereocenters. The highest BCUT2D eigenvalue weighted by molar-refractivity contribution is 7.92. The number of hydrogen-bond acceptors (Lipinski definition) is 7. The number of nitro groups is 1. The number of nitro benzene ring substituents is 1. The lowest BCUT2D eigenvalue weighted by Gasteiger charge is -2.34. The molecule has 1 N–H and O–H groups in total. The largest absolute Gasteiger partial charge is 0.495 e. The number of ether oxygens (including phenoxy) is 1. The highest BCUT2D eigenvalue weighted by Crippen LogP contribution is 2.34. The van der Waals surface area contributed by atoms with Crippen molar-refractivity contribution in [3.63, 3.8) is 0 Å². The summed E-state index contributed by atoms with van der Waals surface area (Å²) < 4.78 is 32.1. The van der Waals surface area contributed by atoms with Gasteiger partial charge in [-0.2, -0.15) is 0 Å². The summed E-state index contributed by atoms with van der Waals surface area (Å²) in [4.78, 5) is 39.7. The Bertz CT molecular complexity index is 1500. The second kappa shape index (κ2) is 13.8. The van der Waals surface area contributed by atoms with Crippen LogP contribution < -0.4 is 14.4 Å². The van der Waals surface area contributed by atoms with E-state index in [0.717, 1.165) is 33.3 Å². The number of amides is 2. The molecule has 218 valence electrons. The Morgan fingerprint density at radius 3 is 2.29 bits per heavy atom. The number of rotatable bonds is 13. The van der Waals surface area contributed by atoms with Gasteiger partial charge in [0.2, 0.25) is 21.8 Å². The predicted octanol–water partition coefficient (Wildman–Crippen LogP) is 3.45. The molecule has 0 saturated carbocycles. The molecule has 0 fully saturated rings. The summed E-state index contributed by atoms with van der Waals surface area (Å²) in [6.07, 6.45) is 1.08. The zero-order chi connectivity index (χ0) is 30.2. The second-order valence-electron chi connectivity index (χ2n) is 9.43. The molecule has 3 aromatic rings. The van der Waals surface area contributed by atoms with E-state index in [1.54, 1.807) is 6.92 Å². The number of methoxy groups -OCH3 is 1. The average Bonchev–Trinajstić information content (AvgIpc) is 2.94. The highest BCUT2D eigenvalue weighted by atomic mass is 32.2. The van der Waals surface area contributed by atoms with Crippen LogP contribution in [0, 0.1) is 17.0 Å². The number of hydrogen-bond donors (Lipinski definition) is 1. The molecule has 0 saturated heterocycles. The van der Waals surface area contributed by atoms with Gasteiger partial charge < -0.3 is 15.0 Å². The standard InChI is InChI=1S/C29H34N4O7S/c1-5-30-29(35)26(17-22-12-7-6-8-13-22)31(19-23-14-10-9-11-21(23)2)28(34)20-32(41(4,38)39)25-18-24(33(36)37)15-16-27(25)40-3/h6-16,18,26H,5,17,19-20H2,1-4H3,(H,30,35). The maximum atomic E-state index is 14.1. The Morgan fingerprint density at radius 2 is 1.71 bits per heavy atom. The van der Waals surface area contributed by atoms with Gasteiger partial charge in [0.25, 0.3) is 5.69 Å². The summed E-state index contributed by atoms with van der Waals surface area (Å²) in [6.45, 7) is 3.30. The van der Waals surface area contributed by atoms with Crippen LogP contribution >= 0.6 is 0 Å². The Morgan fingerprint density at radius 1 is 1.05 bits per heavy atom. The molecule has 0 bridgehead atoms. The Hall–Kier alpha value is -4.45. The Kier molecular flexibility index (Phi) is 10.4. The molecule has 0 spiro atoms. The summed E-state index contributed by atoms with van der Waals surface area (Å²) in [5.41, 5.74) is 1.95. The number of non-ortho nitro benzene ring substituents is 1. The normalized spacial score (nSPS) is 11.8.